The largest absolute Gasteiger partial charge is 0.380 e. The van der Waals surface area contributed by atoms with Crippen LogP contribution in [0.1, 0.15) is 12.5 Å². The van der Waals surface area contributed by atoms with Crippen LogP contribution in [0.3, 0.4) is 0 Å². The van der Waals surface area contributed by atoms with E-state index in [0.717, 1.165) is 22.7 Å². The topological polar surface area (TPSA) is 64.9 Å². The molecule has 2 N–H and O–H groups in total. The Balaban J connectivity index is 2.47. The molecule has 16 heavy (non-hydrogen) atoms. The van der Waals surface area contributed by atoms with Crippen LogP contribution in [-0.2, 0) is 6.42 Å². The number of aromatic nitrogens is 2. The Kier molecular flexibility index (Phi) is 1.83. The van der Waals surface area contributed by atoms with E-state index in [1.807, 2.05) is 18.2 Å². The van der Waals surface area contributed by atoms with Crippen molar-refractivity contribution < 1.29 is 4.52 Å². The number of benzene rings is 1. The highest BCUT2D eigenvalue weighted by atomic mass is 16.5. The van der Waals surface area contributed by atoms with Crippen molar-refractivity contribution in [2.75, 3.05) is 5.73 Å². The number of hydrogen-bond acceptors (Lipinski definition) is 4. The summed E-state index contributed by atoms with van der Waals surface area (Å²) < 4.78 is 5.07. The molecule has 0 fully saturated rings. The van der Waals surface area contributed by atoms with Crippen molar-refractivity contribution in [1.82, 2.24) is 10.1 Å². The first-order chi connectivity index (χ1) is 7.79. The van der Waals surface area contributed by atoms with Crippen molar-refractivity contribution in [3.63, 3.8) is 0 Å². The predicted octanol–water partition coefficient (Wildman–Crippen LogP) is 2.52. The van der Waals surface area contributed by atoms with Crippen molar-refractivity contribution in [3.05, 3.63) is 29.8 Å². The molecular formula is C12H11N3O. The molecule has 4 nitrogen and oxygen atoms in total. The summed E-state index contributed by atoms with van der Waals surface area (Å²) in [5, 5.41) is 5.56. The Bertz CT molecular complexity index is 672. The van der Waals surface area contributed by atoms with Crippen LogP contribution in [-0.4, -0.2) is 10.1 Å². The Morgan fingerprint density at radius 1 is 1.38 bits per heavy atom. The second-order valence-corrected chi connectivity index (χ2v) is 3.75. The molecule has 0 saturated carbocycles. The van der Waals surface area contributed by atoms with Crippen LogP contribution in [0.25, 0.3) is 22.0 Å². The van der Waals surface area contributed by atoms with Crippen LogP contribution < -0.4 is 5.73 Å². The lowest BCUT2D eigenvalue weighted by Gasteiger charge is -2.02. The van der Waals surface area contributed by atoms with E-state index >= 15 is 0 Å². The van der Waals surface area contributed by atoms with Gasteiger partial charge in [-0.1, -0.05) is 30.3 Å². The fraction of sp³-hybridized carbons (Fsp3) is 0.167. The minimum Gasteiger partial charge on any atom is -0.380 e. The van der Waals surface area contributed by atoms with Gasteiger partial charge in [-0.25, -0.2) is 4.98 Å². The zero-order valence-electron chi connectivity index (χ0n) is 8.90. The summed E-state index contributed by atoms with van der Waals surface area (Å²) >= 11 is 0. The smallest absolute Gasteiger partial charge is 0.260 e. The summed E-state index contributed by atoms with van der Waals surface area (Å²) in [5.74, 6) is 0.395. The first kappa shape index (κ1) is 9.15. The first-order valence-corrected chi connectivity index (χ1v) is 5.23. The highest BCUT2D eigenvalue weighted by molar-refractivity contribution is 5.96. The van der Waals surface area contributed by atoms with Gasteiger partial charge in [-0.2, -0.15) is 0 Å². The third-order valence-electron chi connectivity index (χ3n) is 2.78. The summed E-state index contributed by atoms with van der Waals surface area (Å²) in [6, 6.07) is 8.09. The number of aryl methyl sites for hydroxylation is 1. The maximum absolute atomic E-state index is 5.69. The van der Waals surface area contributed by atoms with Gasteiger partial charge in [-0.15, -0.1) is 0 Å². The van der Waals surface area contributed by atoms with Crippen molar-refractivity contribution in [2.45, 2.75) is 13.3 Å². The zero-order valence-corrected chi connectivity index (χ0v) is 8.90. The lowest BCUT2D eigenvalue weighted by molar-refractivity contribution is 0.453. The highest BCUT2D eigenvalue weighted by Crippen LogP contribution is 2.25. The molecule has 0 amide bonds. The van der Waals surface area contributed by atoms with Gasteiger partial charge in [-0.05, 0) is 18.1 Å². The van der Waals surface area contributed by atoms with E-state index in [-0.39, 0.29) is 0 Å². The van der Waals surface area contributed by atoms with E-state index in [4.69, 9.17) is 10.3 Å². The maximum atomic E-state index is 5.69. The molecule has 2 aromatic heterocycles. The average Bonchev–Trinajstić information content (AvgIpc) is 2.67. The second-order valence-electron chi connectivity index (χ2n) is 3.75. The maximum Gasteiger partial charge on any atom is 0.260 e. The van der Waals surface area contributed by atoms with Gasteiger partial charge in [0.2, 0.25) is 0 Å². The molecule has 80 valence electrons. The van der Waals surface area contributed by atoms with E-state index in [2.05, 4.69) is 23.1 Å². The number of nitrogen functional groups attached to an aromatic ring is 1. The van der Waals surface area contributed by atoms with Gasteiger partial charge in [0.1, 0.15) is 0 Å². The van der Waals surface area contributed by atoms with E-state index in [1.165, 1.54) is 5.56 Å². The van der Waals surface area contributed by atoms with Gasteiger partial charge in [0.25, 0.3) is 5.71 Å². The molecule has 0 aliphatic heterocycles. The molecule has 0 spiro atoms. The number of fused-ring (bicyclic) bond motifs is 2. The molecule has 4 heteroatoms. The summed E-state index contributed by atoms with van der Waals surface area (Å²) in [5.41, 5.74) is 8.37. The van der Waals surface area contributed by atoms with Crippen molar-refractivity contribution >= 4 is 27.8 Å². The molecule has 1 aromatic carbocycles. The third-order valence-corrected chi connectivity index (χ3v) is 2.78. The van der Waals surface area contributed by atoms with Crippen LogP contribution in [0.5, 0.6) is 0 Å². The Morgan fingerprint density at radius 3 is 3.06 bits per heavy atom. The summed E-state index contributed by atoms with van der Waals surface area (Å²) in [7, 11) is 0. The van der Waals surface area contributed by atoms with Gasteiger partial charge in [0.15, 0.2) is 5.82 Å². The molecule has 0 atom stereocenters. The standard InChI is InChI=1S/C12H11N3O/c1-2-7-4-3-5-8-6-9-11(13)15-16-12(9)14-10(7)8/h3-6H,2H2,1H3,(H2,13,15). The van der Waals surface area contributed by atoms with Crippen LogP contribution in [0.4, 0.5) is 5.82 Å². The van der Waals surface area contributed by atoms with E-state index in [9.17, 15) is 0 Å². The molecular weight excluding hydrogens is 202 g/mol. The monoisotopic (exact) mass is 213 g/mol. The van der Waals surface area contributed by atoms with Gasteiger partial charge >= 0.3 is 0 Å². The lowest BCUT2D eigenvalue weighted by atomic mass is 10.1. The molecule has 0 aliphatic carbocycles. The number of hydrogen-bond donors (Lipinski definition) is 1. The molecule has 0 radical (unpaired) electrons. The van der Waals surface area contributed by atoms with Crippen LogP contribution in [0.15, 0.2) is 28.8 Å². The van der Waals surface area contributed by atoms with Crippen LogP contribution in [0, 0.1) is 0 Å². The normalized spacial score (nSPS) is 11.3. The number of anilines is 1. The molecule has 3 rings (SSSR count). The number of pyridine rings is 1. The number of rotatable bonds is 1. The number of nitrogens with two attached hydrogens (primary N) is 1. The number of nitrogens with zero attached hydrogens (tertiary/aromatic N) is 2. The molecule has 0 bridgehead atoms. The Labute approximate surface area is 92.0 Å². The molecule has 0 aliphatic rings. The van der Waals surface area contributed by atoms with Crippen molar-refractivity contribution in [3.8, 4) is 0 Å². The van der Waals surface area contributed by atoms with Crippen molar-refractivity contribution in [2.24, 2.45) is 0 Å². The fourth-order valence-electron chi connectivity index (χ4n) is 1.92. The van der Waals surface area contributed by atoms with Gasteiger partial charge in [-0.3, -0.25) is 0 Å². The van der Waals surface area contributed by atoms with Crippen LogP contribution in [0.2, 0.25) is 0 Å². The summed E-state index contributed by atoms with van der Waals surface area (Å²) in [6.07, 6.45) is 0.944. The van der Waals surface area contributed by atoms with Gasteiger partial charge in [0.05, 0.1) is 10.9 Å². The Morgan fingerprint density at radius 2 is 2.25 bits per heavy atom. The lowest BCUT2D eigenvalue weighted by Crippen LogP contribution is -1.88. The SMILES string of the molecule is CCc1cccc2cc3c(N)noc3nc12. The second kappa shape index (κ2) is 3.20. The van der Waals surface area contributed by atoms with Crippen LogP contribution >= 0.6 is 0 Å². The molecule has 3 aromatic rings. The van der Waals surface area contributed by atoms with E-state index < -0.39 is 0 Å². The van der Waals surface area contributed by atoms with E-state index in [0.29, 0.717) is 11.5 Å². The fourth-order valence-corrected chi connectivity index (χ4v) is 1.92. The minimum absolute atomic E-state index is 0.395. The summed E-state index contributed by atoms with van der Waals surface area (Å²) in [4.78, 5) is 4.46. The highest BCUT2D eigenvalue weighted by Gasteiger charge is 2.09. The summed E-state index contributed by atoms with van der Waals surface area (Å²) in [6.45, 7) is 2.11. The number of para-hydroxylation sites is 1. The molecule has 2 heterocycles. The Hall–Kier alpha value is -2.10. The molecule has 0 unspecified atom stereocenters. The predicted molar refractivity (Wildman–Crippen MR) is 63.1 cm³/mol. The van der Waals surface area contributed by atoms with E-state index in [1.54, 1.807) is 0 Å². The van der Waals surface area contributed by atoms with Gasteiger partial charge in [0, 0.05) is 5.39 Å². The average molecular weight is 213 g/mol. The zero-order chi connectivity index (χ0) is 11.1. The quantitative estimate of drug-likeness (QED) is 0.674. The minimum atomic E-state index is 0.395. The van der Waals surface area contributed by atoms with Crippen molar-refractivity contribution in [1.29, 1.82) is 0 Å². The van der Waals surface area contributed by atoms with Gasteiger partial charge < -0.3 is 10.3 Å². The third kappa shape index (κ3) is 1.16. The molecule has 0 saturated heterocycles. The first-order valence-electron chi connectivity index (χ1n) is 5.23.